The van der Waals surface area contributed by atoms with Gasteiger partial charge in [-0.05, 0) is 18.6 Å². The maximum Gasteiger partial charge on any atom is 0.353 e. The highest BCUT2D eigenvalue weighted by atomic mass is 32.2. The molecule has 0 fully saturated rings. The molecule has 2 rings (SSSR count). The Morgan fingerprint density at radius 1 is 1.29 bits per heavy atom. The van der Waals surface area contributed by atoms with Gasteiger partial charge in [0.25, 0.3) is 10.0 Å². The summed E-state index contributed by atoms with van der Waals surface area (Å²) in [5.74, 6) is -1.25. The molecule has 1 N–H and O–H groups in total. The number of hydrogen-bond acceptors (Lipinski definition) is 3. The van der Waals surface area contributed by atoms with Gasteiger partial charge in [0.2, 0.25) is 0 Å². The summed E-state index contributed by atoms with van der Waals surface area (Å²) in [6, 6.07) is 6.38. The van der Waals surface area contributed by atoms with Crippen molar-refractivity contribution in [1.29, 1.82) is 0 Å². The van der Waals surface area contributed by atoms with Crippen molar-refractivity contribution in [3.05, 3.63) is 35.5 Å². The number of aliphatic carboxylic acids is 1. The van der Waals surface area contributed by atoms with E-state index >= 15 is 0 Å². The third-order valence-corrected chi connectivity index (χ3v) is 4.62. The van der Waals surface area contributed by atoms with Crippen LogP contribution >= 0.6 is 0 Å². The average Bonchev–Trinajstić information content (AvgIpc) is 2.27. The number of allylic oxidation sites excluding steroid dienone is 1. The number of carbonyl (C=O) groups is 1. The average molecular weight is 253 g/mol. The van der Waals surface area contributed by atoms with Crippen LogP contribution in [0.5, 0.6) is 0 Å². The highest BCUT2D eigenvalue weighted by Gasteiger charge is 2.35. The van der Waals surface area contributed by atoms with Crippen LogP contribution in [0, 0.1) is 0 Å². The summed E-state index contributed by atoms with van der Waals surface area (Å²) in [6.45, 7) is 1.60. The van der Waals surface area contributed by atoms with Gasteiger partial charge in [-0.15, -0.1) is 0 Å². The van der Waals surface area contributed by atoms with E-state index in [2.05, 4.69) is 0 Å². The quantitative estimate of drug-likeness (QED) is 0.814. The first kappa shape index (κ1) is 11.7. The molecular formula is C11H11NO4S. The Morgan fingerprint density at radius 3 is 2.47 bits per heavy atom. The summed E-state index contributed by atoms with van der Waals surface area (Å²) >= 11 is 0. The summed E-state index contributed by atoms with van der Waals surface area (Å²) in [7, 11) is -2.50. The Morgan fingerprint density at radius 2 is 1.88 bits per heavy atom. The molecule has 0 aromatic heterocycles. The predicted molar refractivity (Wildman–Crippen MR) is 61.6 cm³/mol. The lowest BCUT2D eigenvalue weighted by Crippen LogP contribution is -2.34. The summed E-state index contributed by atoms with van der Waals surface area (Å²) in [5.41, 5.74) is 0.692. The fourth-order valence-electron chi connectivity index (χ4n) is 1.93. The number of hydrogen-bond donors (Lipinski definition) is 1. The largest absolute Gasteiger partial charge is 0.477 e. The van der Waals surface area contributed by atoms with E-state index in [-0.39, 0.29) is 10.6 Å². The van der Waals surface area contributed by atoms with E-state index in [1.165, 1.54) is 13.1 Å². The van der Waals surface area contributed by atoms with Gasteiger partial charge >= 0.3 is 5.97 Å². The molecule has 0 radical (unpaired) electrons. The highest BCUT2D eigenvalue weighted by Crippen LogP contribution is 2.35. The Bertz CT molecular complexity index is 631. The molecule has 5 nitrogen and oxygen atoms in total. The molecular weight excluding hydrogens is 242 g/mol. The molecule has 0 saturated heterocycles. The maximum absolute atomic E-state index is 12.1. The van der Waals surface area contributed by atoms with Crippen LogP contribution in [0.3, 0.4) is 0 Å². The topological polar surface area (TPSA) is 74.7 Å². The molecule has 0 amide bonds. The van der Waals surface area contributed by atoms with Crippen molar-refractivity contribution in [3.63, 3.8) is 0 Å². The van der Waals surface area contributed by atoms with Crippen LogP contribution in [-0.4, -0.2) is 30.8 Å². The second-order valence-electron chi connectivity index (χ2n) is 3.75. The lowest BCUT2D eigenvalue weighted by atomic mass is 10.1. The third-order valence-electron chi connectivity index (χ3n) is 2.80. The predicted octanol–water partition coefficient (Wildman–Crippen LogP) is 1.14. The van der Waals surface area contributed by atoms with E-state index in [0.29, 0.717) is 11.1 Å². The fourth-order valence-corrected chi connectivity index (χ4v) is 3.43. The van der Waals surface area contributed by atoms with Crippen molar-refractivity contribution in [1.82, 2.24) is 4.31 Å². The first-order valence-corrected chi connectivity index (χ1v) is 6.34. The zero-order chi connectivity index (χ0) is 12.8. The van der Waals surface area contributed by atoms with Gasteiger partial charge in [0.05, 0.1) is 4.90 Å². The van der Waals surface area contributed by atoms with Crippen LogP contribution < -0.4 is 0 Å². The van der Waals surface area contributed by atoms with Crippen LogP contribution in [0.15, 0.2) is 34.9 Å². The molecule has 90 valence electrons. The molecule has 0 bridgehead atoms. The number of rotatable bonds is 1. The second kappa shape index (κ2) is 3.59. The van der Waals surface area contributed by atoms with Crippen molar-refractivity contribution in [3.8, 4) is 0 Å². The lowest BCUT2D eigenvalue weighted by Gasteiger charge is -2.28. The lowest BCUT2D eigenvalue weighted by molar-refractivity contribution is -0.133. The van der Waals surface area contributed by atoms with E-state index in [1.807, 2.05) is 0 Å². The number of fused-ring (bicyclic) bond motifs is 1. The van der Waals surface area contributed by atoms with Crippen LogP contribution in [-0.2, 0) is 14.8 Å². The molecule has 6 heteroatoms. The zero-order valence-electron chi connectivity index (χ0n) is 9.34. The van der Waals surface area contributed by atoms with E-state index in [4.69, 9.17) is 5.11 Å². The molecule has 1 aromatic carbocycles. The number of carboxylic acids is 1. The smallest absolute Gasteiger partial charge is 0.353 e. The summed E-state index contributed by atoms with van der Waals surface area (Å²) in [4.78, 5) is 11.3. The molecule has 0 saturated carbocycles. The molecule has 0 aliphatic carbocycles. The van der Waals surface area contributed by atoms with Crippen molar-refractivity contribution in [2.75, 3.05) is 7.05 Å². The van der Waals surface area contributed by atoms with Gasteiger partial charge in [-0.3, -0.25) is 4.31 Å². The van der Waals surface area contributed by atoms with E-state index in [1.54, 1.807) is 25.1 Å². The second-order valence-corrected chi connectivity index (χ2v) is 5.69. The molecule has 17 heavy (non-hydrogen) atoms. The summed E-state index contributed by atoms with van der Waals surface area (Å²) < 4.78 is 25.0. The van der Waals surface area contributed by atoms with Crippen LogP contribution in [0.1, 0.15) is 12.5 Å². The van der Waals surface area contributed by atoms with Gasteiger partial charge in [0.15, 0.2) is 0 Å². The Labute approximate surface area is 99.0 Å². The fraction of sp³-hybridized carbons (Fsp3) is 0.182. The molecule has 0 atom stereocenters. The van der Waals surface area contributed by atoms with Crippen molar-refractivity contribution in [2.45, 2.75) is 11.8 Å². The van der Waals surface area contributed by atoms with Gasteiger partial charge in [0, 0.05) is 12.6 Å². The number of nitrogens with zero attached hydrogens (tertiary/aromatic N) is 1. The van der Waals surface area contributed by atoms with Crippen molar-refractivity contribution >= 4 is 21.6 Å². The van der Waals surface area contributed by atoms with Crippen LogP contribution in [0.2, 0.25) is 0 Å². The van der Waals surface area contributed by atoms with E-state index in [0.717, 1.165) is 4.31 Å². The first-order valence-electron chi connectivity index (χ1n) is 4.90. The molecule has 1 aromatic rings. The molecule has 0 spiro atoms. The van der Waals surface area contributed by atoms with Gasteiger partial charge in [-0.2, -0.15) is 0 Å². The minimum absolute atomic E-state index is 0.144. The molecule has 1 heterocycles. The van der Waals surface area contributed by atoms with Crippen LogP contribution in [0.4, 0.5) is 0 Å². The van der Waals surface area contributed by atoms with Gasteiger partial charge in [0.1, 0.15) is 5.70 Å². The normalized spacial score (nSPS) is 17.9. The number of carboxylic acid groups (broad SMARTS) is 1. The molecule has 1 aliphatic rings. The Kier molecular flexibility index (Phi) is 2.46. The van der Waals surface area contributed by atoms with Gasteiger partial charge in [-0.1, -0.05) is 18.2 Å². The first-order chi connectivity index (χ1) is 7.87. The Hall–Kier alpha value is -1.82. The SMILES string of the molecule is CC1=C(C(=O)O)N(C)S(=O)(=O)c2ccccc21. The van der Waals surface area contributed by atoms with Gasteiger partial charge < -0.3 is 5.11 Å². The minimum atomic E-state index is -3.75. The zero-order valence-corrected chi connectivity index (χ0v) is 10.2. The summed E-state index contributed by atoms with van der Waals surface area (Å²) in [6.07, 6.45) is 0. The summed E-state index contributed by atoms with van der Waals surface area (Å²) in [5, 5.41) is 9.07. The van der Waals surface area contributed by atoms with Crippen molar-refractivity contribution < 1.29 is 18.3 Å². The monoisotopic (exact) mass is 253 g/mol. The third kappa shape index (κ3) is 1.52. The number of sulfonamides is 1. The highest BCUT2D eigenvalue weighted by molar-refractivity contribution is 7.89. The standard InChI is InChI=1S/C11H11NO4S/c1-7-8-5-3-4-6-9(8)17(15,16)12(2)10(7)11(13)14/h3-6H,1-2H3,(H,13,14). The van der Waals surface area contributed by atoms with Crippen molar-refractivity contribution in [2.24, 2.45) is 0 Å². The maximum atomic E-state index is 12.1. The Balaban J connectivity index is 2.87. The van der Waals surface area contributed by atoms with E-state index in [9.17, 15) is 13.2 Å². The van der Waals surface area contributed by atoms with Gasteiger partial charge in [-0.25, -0.2) is 13.2 Å². The number of benzene rings is 1. The number of likely N-dealkylation sites (N-methyl/N-ethyl adjacent to an activating group) is 1. The minimum Gasteiger partial charge on any atom is -0.477 e. The van der Waals surface area contributed by atoms with Crippen LogP contribution in [0.25, 0.3) is 5.57 Å². The molecule has 0 unspecified atom stereocenters. The van der Waals surface area contributed by atoms with E-state index < -0.39 is 16.0 Å². The molecule has 1 aliphatic heterocycles.